The first-order chi connectivity index (χ1) is 15.2. The molecule has 3 aromatic rings. The minimum atomic E-state index is -4.63. The molecule has 1 aliphatic rings. The molecular formula is C22H23F4N5O. The molecule has 0 aliphatic carbocycles. The Labute approximate surface area is 181 Å². The highest BCUT2D eigenvalue weighted by Gasteiger charge is 2.37. The van der Waals surface area contributed by atoms with E-state index in [0.717, 1.165) is 24.5 Å². The summed E-state index contributed by atoms with van der Waals surface area (Å²) < 4.78 is 54.1. The lowest BCUT2D eigenvalue weighted by molar-refractivity contribution is -0.136. The third kappa shape index (κ3) is 4.53. The number of H-pyrrole nitrogens is 1. The topological polar surface area (TPSA) is 87.9 Å². The number of aromatic nitrogens is 3. The number of nitrogens with two attached hydrogens (primary N) is 1. The van der Waals surface area contributed by atoms with E-state index < -0.39 is 17.8 Å². The molecule has 1 unspecified atom stereocenters. The minimum Gasteiger partial charge on any atom is -0.383 e. The van der Waals surface area contributed by atoms with Crippen molar-refractivity contribution in [2.75, 3.05) is 12.3 Å². The third-order valence-corrected chi connectivity index (χ3v) is 5.81. The number of alkyl halides is 3. The number of hydrogen-bond acceptors (Lipinski definition) is 4. The average molecular weight is 449 g/mol. The number of hydrogen-bond donors (Lipinski definition) is 2. The van der Waals surface area contributed by atoms with Crippen LogP contribution >= 0.6 is 0 Å². The van der Waals surface area contributed by atoms with Gasteiger partial charge >= 0.3 is 6.18 Å². The number of rotatable bonds is 5. The molecule has 1 saturated heterocycles. The zero-order chi connectivity index (χ0) is 22.9. The fourth-order valence-corrected chi connectivity index (χ4v) is 4.24. The van der Waals surface area contributed by atoms with Crippen molar-refractivity contribution >= 4 is 22.8 Å². The van der Waals surface area contributed by atoms with Crippen LogP contribution in [0.4, 0.5) is 23.4 Å². The monoisotopic (exact) mass is 449 g/mol. The molecular weight excluding hydrogens is 426 g/mol. The van der Waals surface area contributed by atoms with E-state index in [1.165, 1.54) is 12.1 Å². The predicted octanol–water partition coefficient (Wildman–Crippen LogP) is 4.77. The van der Waals surface area contributed by atoms with E-state index >= 15 is 0 Å². The number of amides is 1. The van der Waals surface area contributed by atoms with Gasteiger partial charge in [0, 0.05) is 13.0 Å². The number of nitrogens with one attached hydrogen (secondary N) is 1. The van der Waals surface area contributed by atoms with Crippen molar-refractivity contribution in [1.29, 1.82) is 0 Å². The highest BCUT2D eigenvalue weighted by molar-refractivity contribution is 5.90. The number of nitrogens with zero attached hydrogens (tertiary/aromatic N) is 3. The quantitative estimate of drug-likeness (QED) is 0.549. The Hall–Kier alpha value is -3.17. The molecule has 0 radical (unpaired) electrons. The summed E-state index contributed by atoms with van der Waals surface area (Å²) in [6, 6.07) is 6.54. The van der Waals surface area contributed by atoms with E-state index in [2.05, 4.69) is 15.2 Å². The summed E-state index contributed by atoms with van der Waals surface area (Å²) in [6.45, 7) is 0.462. The van der Waals surface area contributed by atoms with Gasteiger partial charge in [0.15, 0.2) is 5.65 Å². The number of aromatic amines is 1. The SMILES string of the molecule is Nc1[nH]nc2nc(C3CCCCN3C(=O)CCCc3ccc(F)cc3)cc(C(F)(F)F)c12. The maximum Gasteiger partial charge on any atom is 0.417 e. The van der Waals surface area contributed by atoms with Crippen LogP contribution in [-0.2, 0) is 17.4 Å². The summed E-state index contributed by atoms with van der Waals surface area (Å²) in [7, 11) is 0. The van der Waals surface area contributed by atoms with Gasteiger partial charge < -0.3 is 10.6 Å². The molecule has 0 saturated carbocycles. The molecule has 3 heterocycles. The Morgan fingerprint density at radius 2 is 1.97 bits per heavy atom. The molecule has 1 fully saturated rings. The van der Waals surface area contributed by atoms with Crippen molar-refractivity contribution < 1.29 is 22.4 Å². The van der Waals surface area contributed by atoms with Crippen LogP contribution in [0.5, 0.6) is 0 Å². The van der Waals surface area contributed by atoms with Crippen molar-refractivity contribution in [2.45, 2.75) is 50.7 Å². The Balaban J connectivity index is 1.54. The van der Waals surface area contributed by atoms with Gasteiger partial charge in [0.05, 0.1) is 22.7 Å². The van der Waals surface area contributed by atoms with E-state index in [4.69, 9.17) is 5.73 Å². The van der Waals surface area contributed by atoms with Gasteiger partial charge in [-0.3, -0.25) is 9.89 Å². The molecule has 0 bridgehead atoms. The predicted molar refractivity (Wildman–Crippen MR) is 111 cm³/mol. The first kappa shape index (κ1) is 22.0. The van der Waals surface area contributed by atoms with Crippen molar-refractivity contribution in [3.8, 4) is 0 Å². The van der Waals surface area contributed by atoms with Crippen LogP contribution in [0.15, 0.2) is 30.3 Å². The molecule has 32 heavy (non-hydrogen) atoms. The average Bonchev–Trinajstić information content (AvgIpc) is 3.14. The number of carbonyl (C=O) groups excluding carboxylic acids is 1. The van der Waals surface area contributed by atoms with Crippen LogP contribution in [-0.4, -0.2) is 32.5 Å². The lowest BCUT2D eigenvalue weighted by atomic mass is 9.96. The maximum absolute atomic E-state index is 13.7. The minimum absolute atomic E-state index is 0.110. The maximum atomic E-state index is 13.7. The number of anilines is 1. The Morgan fingerprint density at radius 3 is 2.69 bits per heavy atom. The van der Waals surface area contributed by atoms with Crippen LogP contribution in [0.1, 0.15) is 55.0 Å². The largest absolute Gasteiger partial charge is 0.417 e. The van der Waals surface area contributed by atoms with Crippen LogP contribution in [0.25, 0.3) is 11.0 Å². The molecule has 4 rings (SSSR count). The number of fused-ring (bicyclic) bond motifs is 1. The number of pyridine rings is 1. The second-order valence-electron chi connectivity index (χ2n) is 8.01. The summed E-state index contributed by atoms with van der Waals surface area (Å²) in [5.41, 5.74) is 5.72. The van der Waals surface area contributed by atoms with Gasteiger partial charge in [-0.25, -0.2) is 9.37 Å². The molecule has 6 nitrogen and oxygen atoms in total. The summed E-state index contributed by atoms with van der Waals surface area (Å²) >= 11 is 0. The summed E-state index contributed by atoms with van der Waals surface area (Å²) in [5.74, 6) is -0.639. The van der Waals surface area contributed by atoms with Crippen molar-refractivity contribution in [2.24, 2.45) is 0 Å². The molecule has 0 spiro atoms. The lowest BCUT2D eigenvalue weighted by Crippen LogP contribution is -2.39. The Bertz CT molecular complexity index is 1110. The molecule has 3 N–H and O–H groups in total. The fraction of sp³-hybridized carbons (Fsp3) is 0.409. The van der Waals surface area contributed by atoms with Crippen LogP contribution in [0, 0.1) is 5.82 Å². The molecule has 1 atom stereocenters. The highest BCUT2D eigenvalue weighted by atomic mass is 19.4. The molecule has 2 aromatic heterocycles. The number of piperidine rings is 1. The number of aryl methyl sites for hydroxylation is 1. The van der Waals surface area contributed by atoms with Crippen molar-refractivity contribution in [1.82, 2.24) is 20.1 Å². The Morgan fingerprint density at radius 1 is 1.22 bits per heavy atom. The third-order valence-electron chi connectivity index (χ3n) is 5.81. The number of likely N-dealkylation sites (tertiary alicyclic amines) is 1. The van der Waals surface area contributed by atoms with E-state index in [0.29, 0.717) is 25.8 Å². The van der Waals surface area contributed by atoms with E-state index in [9.17, 15) is 22.4 Å². The van der Waals surface area contributed by atoms with E-state index in [-0.39, 0.29) is 40.7 Å². The van der Waals surface area contributed by atoms with Gasteiger partial charge in [-0.05, 0) is 55.9 Å². The number of carbonyl (C=O) groups is 1. The van der Waals surface area contributed by atoms with E-state index in [1.807, 2.05) is 0 Å². The first-order valence-electron chi connectivity index (χ1n) is 10.5. The van der Waals surface area contributed by atoms with Gasteiger partial charge in [-0.15, -0.1) is 0 Å². The Kier molecular flexibility index (Phi) is 6.03. The fourth-order valence-electron chi connectivity index (χ4n) is 4.24. The second kappa shape index (κ2) is 8.76. The summed E-state index contributed by atoms with van der Waals surface area (Å²) in [4.78, 5) is 18.9. The van der Waals surface area contributed by atoms with Gasteiger partial charge in [-0.2, -0.15) is 18.3 Å². The molecule has 1 aromatic carbocycles. The smallest absolute Gasteiger partial charge is 0.383 e. The van der Waals surface area contributed by atoms with Crippen LogP contribution in [0.3, 0.4) is 0 Å². The first-order valence-corrected chi connectivity index (χ1v) is 10.5. The van der Waals surface area contributed by atoms with Gasteiger partial charge in [0.1, 0.15) is 11.6 Å². The van der Waals surface area contributed by atoms with Crippen LogP contribution in [0.2, 0.25) is 0 Å². The van der Waals surface area contributed by atoms with E-state index in [1.54, 1.807) is 17.0 Å². The highest BCUT2D eigenvalue weighted by Crippen LogP contribution is 2.39. The number of nitrogen functional groups attached to an aromatic ring is 1. The summed E-state index contributed by atoms with van der Waals surface area (Å²) in [5, 5.41) is 5.92. The lowest BCUT2D eigenvalue weighted by Gasteiger charge is -2.35. The van der Waals surface area contributed by atoms with Gasteiger partial charge in [-0.1, -0.05) is 12.1 Å². The molecule has 10 heteroatoms. The summed E-state index contributed by atoms with van der Waals surface area (Å²) in [6.07, 6.45) is -1.12. The van der Waals surface area contributed by atoms with Gasteiger partial charge in [0.25, 0.3) is 0 Å². The number of halogens is 4. The van der Waals surface area contributed by atoms with Gasteiger partial charge in [0.2, 0.25) is 5.91 Å². The molecule has 170 valence electrons. The van der Waals surface area contributed by atoms with Crippen molar-refractivity contribution in [3.05, 3.63) is 53.0 Å². The molecule has 1 aliphatic heterocycles. The van der Waals surface area contributed by atoms with Crippen LogP contribution < -0.4 is 5.73 Å². The normalized spacial score (nSPS) is 17.1. The molecule has 1 amide bonds. The second-order valence-corrected chi connectivity index (χ2v) is 8.01. The zero-order valence-electron chi connectivity index (χ0n) is 17.3. The zero-order valence-corrected chi connectivity index (χ0v) is 17.3. The number of benzene rings is 1. The standard InChI is InChI=1S/C22H23F4N5O/c23-14-9-7-13(8-10-14)4-3-6-18(32)31-11-2-1-5-17(31)16-12-15(22(24,25)26)19-20(27)29-30-21(19)28-16/h7-10,12,17H,1-6,11H2,(H3,27,28,29,30). The van der Waals surface area contributed by atoms with Crippen molar-refractivity contribution in [3.63, 3.8) is 0 Å².